The minimum Gasteiger partial charge on any atom is -0.444 e. The van der Waals surface area contributed by atoms with E-state index in [1.54, 1.807) is 18.0 Å². The number of hydrogen-bond acceptors (Lipinski definition) is 3. The van der Waals surface area contributed by atoms with Gasteiger partial charge in [0.05, 0.1) is 0 Å². The molecule has 0 fully saturated rings. The fraction of sp³-hybridized carbons (Fsp3) is 0.714. The number of hydrogen-bond donors (Lipinski definition) is 2. The first-order chi connectivity index (χ1) is 9.34. The van der Waals surface area contributed by atoms with Crippen molar-refractivity contribution in [2.45, 2.75) is 33.3 Å². The van der Waals surface area contributed by atoms with Crippen LogP contribution in [0.4, 0.5) is 4.79 Å². The van der Waals surface area contributed by atoms with Crippen LogP contribution in [0, 0.1) is 0 Å². The van der Waals surface area contributed by atoms with E-state index in [2.05, 4.69) is 22.2 Å². The van der Waals surface area contributed by atoms with Gasteiger partial charge in [0.15, 0.2) is 5.96 Å². The summed E-state index contributed by atoms with van der Waals surface area (Å²) < 4.78 is 5.34. The normalized spacial score (nSPS) is 11.2. The smallest absolute Gasteiger partial charge is 0.410 e. The minimum absolute atomic E-state index is 0. The predicted molar refractivity (Wildman–Crippen MR) is 98.5 cm³/mol. The Balaban J connectivity index is 0. The average Bonchev–Trinajstić information content (AvgIpc) is 2.36. The van der Waals surface area contributed by atoms with Crippen molar-refractivity contribution in [3.05, 3.63) is 12.7 Å². The van der Waals surface area contributed by atoms with Crippen LogP contribution in [0.5, 0.6) is 0 Å². The number of nitrogens with one attached hydrogen (secondary N) is 2. The Morgan fingerprint density at radius 1 is 1.38 bits per heavy atom. The van der Waals surface area contributed by atoms with Crippen molar-refractivity contribution in [3.63, 3.8) is 0 Å². The third kappa shape index (κ3) is 11.4. The second-order valence-electron chi connectivity index (χ2n) is 5.23. The van der Waals surface area contributed by atoms with Gasteiger partial charge in [-0.05, 0) is 27.7 Å². The molecule has 6 nitrogen and oxygen atoms in total. The molecule has 0 atom stereocenters. The highest BCUT2D eigenvalue weighted by atomic mass is 127. The molecule has 0 heterocycles. The molecular formula is C14H29IN4O2. The van der Waals surface area contributed by atoms with Crippen LogP contribution in [0.3, 0.4) is 0 Å². The quantitative estimate of drug-likeness (QED) is 0.304. The number of amides is 1. The molecule has 0 aromatic heterocycles. The number of carbonyl (C=O) groups excluding carboxylic acids is 1. The van der Waals surface area contributed by atoms with E-state index in [-0.39, 0.29) is 30.1 Å². The van der Waals surface area contributed by atoms with Crippen LogP contribution >= 0.6 is 24.0 Å². The zero-order valence-corrected chi connectivity index (χ0v) is 16.1. The third-order valence-electron chi connectivity index (χ3n) is 2.35. The SMILES string of the molecule is C=CCNC(=NC)NCCN(CC)C(=O)OC(C)(C)C.I. The zero-order chi connectivity index (χ0) is 15.6. The molecule has 0 rings (SSSR count). The molecule has 0 saturated heterocycles. The summed E-state index contributed by atoms with van der Waals surface area (Å²) in [5.41, 5.74) is -0.473. The predicted octanol–water partition coefficient (Wildman–Crippen LogP) is 2.21. The molecule has 0 aromatic carbocycles. The molecule has 0 aliphatic carbocycles. The highest BCUT2D eigenvalue weighted by Gasteiger charge is 2.20. The van der Waals surface area contributed by atoms with Crippen molar-refractivity contribution in [2.75, 3.05) is 33.2 Å². The molecule has 124 valence electrons. The molecule has 21 heavy (non-hydrogen) atoms. The lowest BCUT2D eigenvalue weighted by Crippen LogP contribution is -2.44. The number of carbonyl (C=O) groups is 1. The van der Waals surface area contributed by atoms with Gasteiger partial charge in [-0.15, -0.1) is 30.6 Å². The number of halogens is 1. The van der Waals surface area contributed by atoms with Crippen LogP contribution in [0.1, 0.15) is 27.7 Å². The molecule has 2 N–H and O–H groups in total. The van der Waals surface area contributed by atoms with Crippen molar-refractivity contribution in [2.24, 2.45) is 4.99 Å². The second kappa shape index (κ2) is 11.6. The van der Waals surface area contributed by atoms with Crippen LogP contribution in [-0.4, -0.2) is 55.8 Å². The van der Waals surface area contributed by atoms with Gasteiger partial charge in [0.1, 0.15) is 5.60 Å². The van der Waals surface area contributed by atoms with E-state index < -0.39 is 5.60 Å². The molecule has 1 amide bonds. The van der Waals surface area contributed by atoms with Crippen molar-refractivity contribution in [1.82, 2.24) is 15.5 Å². The monoisotopic (exact) mass is 412 g/mol. The van der Waals surface area contributed by atoms with E-state index in [1.807, 2.05) is 27.7 Å². The number of nitrogens with zero attached hydrogens (tertiary/aromatic N) is 2. The average molecular weight is 412 g/mol. The Morgan fingerprint density at radius 2 is 2.00 bits per heavy atom. The fourth-order valence-corrected chi connectivity index (χ4v) is 1.40. The van der Waals surface area contributed by atoms with Crippen molar-refractivity contribution in [3.8, 4) is 0 Å². The van der Waals surface area contributed by atoms with Crippen molar-refractivity contribution < 1.29 is 9.53 Å². The van der Waals surface area contributed by atoms with Gasteiger partial charge >= 0.3 is 6.09 Å². The molecule has 0 aliphatic heterocycles. The van der Waals surface area contributed by atoms with Crippen LogP contribution in [0.15, 0.2) is 17.6 Å². The van der Waals surface area contributed by atoms with Crippen LogP contribution in [-0.2, 0) is 4.74 Å². The lowest BCUT2D eigenvalue weighted by Gasteiger charge is -2.26. The molecule has 0 aromatic rings. The highest BCUT2D eigenvalue weighted by molar-refractivity contribution is 14.0. The number of likely N-dealkylation sites (N-methyl/N-ethyl adjacent to an activating group) is 1. The molecule has 0 aliphatic rings. The Morgan fingerprint density at radius 3 is 2.43 bits per heavy atom. The van der Waals surface area contributed by atoms with E-state index in [0.29, 0.717) is 32.1 Å². The van der Waals surface area contributed by atoms with Gasteiger partial charge in [-0.2, -0.15) is 0 Å². The Labute approximate surface area is 145 Å². The van der Waals surface area contributed by atoms with E-state index >= 15 is 0 Å². The lowest BCUT2D eigenvalue weighted by atomic mass is 10.2. The van der Waals surface area contributed by atoms with Crippen LogP contribution in [0.2, 0.25) is 0 Å². The standard InChI is InChI=1S/C14H28N4O2.HI/c1-7-9-16-12(15-6)17-10-11-18(8-2)13(19)20-14(3,4)5;/h7H,1,8-11H2,2-6H3,(H2,15,16,17);1H. The van der Waals surface area contributed by atoms with Crippen molar-refractivity contribution >= 4 is 36.0 Å². The maximum absolute atomic E-state index is 11.9. The van der Waals surface area contributed by atoms with Gasteiger partial charge in [0, 0.05) is 33.2 Å². The summed E-state index contributed by atoms with van der Waals surface area (Å²) in [5.74, 6) is 0.685. The largest absolute Gasteiger partial charge is 0.444 e. The molecular weight excluding hydrogens is 383 g/mol. The summed E-state index contributed by atoms with van der Waals surface area (Å²) in [6.07, 6.45) is 1.46. The van der Waals surface area contributed by atoms with Gasteiger partial charge in [-0.3, -0.25) is 4.99 Å². The number of ether oxygens (including phenoxy) is 1. The fourth-order valence-electron chi connectivity index (χ4n) is 1.40. The summed E-state index contributed by atoms with van der Waals surface area (Å²) in [7, 11) is 1.70. The van der Waals surface area contributed by atoms with E-state index in [1.165, 1.54) is 0 Å². The second-order valence-corrected chi connectivity index (χ2v) is 5.23. The molecule has 0 saturated carbocycles. The Hall–Kier alpha value is -0.990. The van der Waals surface area contributed by atoms with E-state index in [4.69, 9.17) is 4.74 Å². The third-order valence-corrected chi connectivity index (χ3v) is 2.35. The first-order valence-corrected chi connectivity index (χ1v) is 6.87. The molecule has 0 radical (unpaired) electrons. The zero-order valence-electron chi connectivity index (χ0n) is 13.7. The topological polar surface area (TPSA) is 66.0 Å². The van der Waals surface area contributed by atoms with Crippen molar-refractivity contribution in [1.29, 1.82) is 0 Å². The van der Waals surface area contributed by atoms with Gasteiger partial charge in [-0.1, -0.05) is 6.08 Å². The number of guanidine groups is 1. The molecule has 0 bridgehead atoms. The summed E-state index contributed by atoms with van der Waals surface area (Å²) in [6.45, 7) is 13.5. The molecule has 0 spiro atoms. The summed E-state index contributed by atoms with van der Waals surface area (Å²) >= 11 is 0. The summed E-state index contributed by atoms with van der Waals surface area (Å²) in [5, 5.41) is 6.19. The van der Waals surface area contributed by atoms with Gasteiger partial charge < -0.3 is 20.3 Å². The van der Waals surface area contributed by atoms with E-state index in [0.717, 1.165) is 0 Å². The first kappa shape index (κ1) is 22.3. The van der Waals surface area contributed by atoms with E-state index in [9.17, 15) is 4.79 Å². The van der Waals surface area contributed by atoms with Gasteiger partial charge in [-0.25, -0.2) is 4.79 Å². The van der Waals surface area contributed by atoms with Crippen LogP contribution in [0.25, 0.3) is 0 Å². The summed E-state index contributed by atoms with van der Waals surface area (Å²) in [4.78, 5) is 17.6. The van der Waals surface area contributed by atoms with Crippen LogP contribution < -0.4 is 10.6 Å². The Bertz CT molecular complexity index is 340. The Kier molecular flexibility index (Phi) is 12.4. The lowest BCUT2D eigenvalue weighted by molar-refractivity contribution is 0.0264. The molecule has 0 unspecified atom stereocenters. The maximum atomic E-state index is 11.9. The highest BCUT2D eigenvalue weighted by Crippen LogP contribution is 2.09. The number of aliphatic imine (C=N–C) groups is 1. The maximum Gasteiger partial charge on any atom is 0.410 e. The number of rotatable bonds is 6. The van der Waals surface area contributed by atoms with Gasteiger partial charge in [0.2, 0.25) is 0 Å². The first-order valence-electron chi connectivity index (χ1n) is 6.87. The molecule has 7 heteroatoms. The van der Waals surface area contributed by atoms with Gasteiger partial charge in [0.25, 0.3) is 0 Å². The summed E-state index contributed by atoms with van der Waals surface area (Å²) in [6, 6.07) is 0. The minimum atomic E-state index is -0.473.